The van der Waals surface area contributed by atoms with Gasteiger partial charge in [-0.1, -0.05) is 37.3 Å². The van der Waals surface area contributed by atoms with Gasteiger partial charge in [-0.05, 0) is 25.8 Å². The Bertz CT molecular complexity index is 724. The van der Waals surface area contributed by atoms with Gasteiger partial charge in [-0.25, -0.2) is 4.79 Å². The predicted molar refractivity (Wildman–Crippen MR) is 107 cm³/mol. The van der Waals surface area contributed by atoms with Gasteiger partial charge in [0.1, 0.15) is 18.7 Å². The molecule has 10 heteroatoms. The second-order valence-electron chi connectivity index (χ2n) is 6.78. The standard InChI is InChI=1S/C20H29N3O7/c1-4-29-19(27)12(2)10-15(17(21)25)22-18(26)16(13(3)24)23-20(28)30-11-14-8-6-5-7-9-14/h5-9,12-13,15-16,24H,4,10-11H2,1-3H3,(H2,21,25)(H,22,26)(H,23,28)/t12-,13+,15-,16-/m0/s1. The van der Waals surface area contributed by atoms with Gasteiger partial charge in [-0.2, -0.15) is 0 Å². The fourth-order valence-electron chi connectivity index (χ4n) is 2.54. The average molecular weight is 423 g/mol. The quantitative estimate of drug-likeness (QED) is 0.371. The summed E-state index contributed by atoms with van der Waals surface area (Å²) in [6.45, 7) is 4.62. The van der Waals surface area contributed by atoms with Crippen LogP contribution in [-0.2, 0) is 30.5 Å². The number of carbonyl (C=O) groups excluding carboxylic acids is 4. The Balaban J connectivity index is 2.70. The summed E-state index contributed by atoms with van der Waals surface area (Å²) in [5.74, 6) is -2.94. The number of aliphatic hydroxyl groups is 1. The molecule has 0 unspecified atom stereocenters. The van der Waals surface area contributed by atoms with Crippen LogP contribution in [0.15, 0.2) is 30.3 Å². The highest BCUT2D eigenvalue weighted by molar-refractivity contribution is 5.91. The van der Waals surface area contributed by atoms with Crippen LogP contribution in [-0.4, -0.2) is 53.8 Å². The molecular formula is C20H29N3O7. The summed E-state index contributed by atoms with van der Waals surface area (Å²) in [6.07, 6.45) is -2.30. The van der Waals surface area contributed by atoms with E-state index >= 15 is 0 Å². The van der Waals surface area contributed by atoms with Gasteiger partial charge < -0.3 is 30.9 Å². The first-order valence-electron chi connectivity index (χ1n) is 9.57. The molecule has 1 aromatic carbocycles. The molecule has 0 heterocycles. The Morgan fingerprint density at radius 3 is 2.23 bits per heavy atom. The van der Waals surface area contributed by atoms with E-state index in [0.717, 1.165) is 5.56 Å². The van der Waals surface area contributed by atoms with Crippen LogP contribution >= 0.6 is 0 Å². The molecule has 1 aromatic rings. The van der Waals surface area contributed by atoms with E-state index in [1.807, 2.05) is 6.07 Å². The van der Waals surface area contributed by atoms with Gasteiger partial charge in [0.15, 0.2) is 0 Å². The fraction of sp³-hybridized carbons (Fsp3) is 0.500. The van der Waals surface area contributed by atoms with Crippen LogP contribution in [0.4, 0.5) is 4.79 Å². The molecule has 1 rings (SSSR count). The van der Waals surface area contributed by atoms with Crippen molar-refractivity contribution in [2.45, 2.75) is 52.0 Å². The van der Waals surface area contributed by atoms with E-state index in [1.165, 1.54) is 13.8 Å². The number of primary amides is 1. The molecule has 166 valence electrons. The Morgan fingerprint density at radius 2 is 1.70 bits per heavy atom. The lowest BCUT2D eigenvalue weighted by Gasteiger charge is -2.24. The number of esters is 1. The molecule has 0 saturated heterocycles. The van der Waals surface area contributed by atoms with Crippen LogP contribution in [0.3, 0.4) is 0 Å². The van der Waals surface area contributed by atoms with E-state index in [-0.39, 0.29) is 19.6 Å². The molecule has 4 atom stereocenters. The number of ether oxygens (including phenoxy) is 2. The summed E-state index contributed by atoms with van der Waals surface area (Å²) in [5, 5.41) is 14.5. The minimum absolute atomic E-state index is 0.0260. The number of hydrogen-bond acceptors (Lipinski definition) is 7. The van der Waals surface area contributed by atoms with E-state index in [0.29, 0.717) is 0 Å². The van der Waals surface area contributed by atoms with Crippen molar-refractivity contribution in [1.82, 2.24) is 10.6 Å². The van der Waals surface area contributed by atoms with Crippen molar-refractivity contribution in [2.75, 3.05) is 6.61 Å². The van der Waals surface area contributed by atoms with Gasteiger partial charge in [-0.3, -0.25) is 14.4 Å². The Hall–Kier alpha value is -3.14. The molecule has 30 heavy (non-hydrogen) atoms. The molecule has 10 nitrogen and oxygen atoms in total. The molecule has 3 amide bonds. The Kier molecular flexibility index (Phi) is 10.3. The van der Waals surface area contributed by atoms with Gasteiger partial charge in [0, 0.05) is 0 Å². The zero-order chi connectivity index (χ0) is 22.7. The molecule has 0 fully saturated rings. The van der Waals surface area contributed by atoms with Crippen molar-refractivity contribution in [3.8, 4) is 0 Å². The summed E-state index contributed by atoms with van der Waals surface area (Å²) >= 11 is 0. The molecule has 5 N–H and O–H groups in total. The van der Waals surface area contributed by atoms with Crippen LogP contribution < -0.4 is 16.4 Å². The first kappa shape index (κ1) is 24.9. The minimum atomic E-state index is -1.40. The van der Waals surface area contributed by atoms with Crippen LogP contribution in [0, 0.1) is 5.92 Å². The number of aliphatic hydroxyl groups excluding tert-OH is 1. The number of carbonyl (C=O) groups is 4. The second kappa shape index (κ2) is 12.4. The summed E-state index contributed by atoms with van der Waals surface area (Å²) in [5.41, 5.74) is 6.06. The topological polar surface area (TPSA) is 157 Å². The normalized spacial score (nSPS) is 14.5. The van der Waals surface area contributed by atoms with E-state index in [9.17, 15) is 24.3 Å². The minimum Gasteiger partial charge on any atom is -0.466 e. The van der Waals surface area contributed by atoms with E-state index in [1.54, 1.807) is 31.2 Å². The van der Waals surface area contributed by atoms with Crippen molar-refractivity contribution < 1.29 is 33.8 Å². The highest BCUT2D eigenvalue weighted by Crippen LogP contribution is 2.09. The SMILES string of the molecule is CCOC(=O)[C@@H](C)C[C@H](NC(=O)[C@@H](NC(=O)OCc1ccccc1)[C@@H](C)O)C(N)=O. The van der Waals surface area contributed by atoms with E-state index in [4.69, 9.17) is 15.2 Å². The predicted octanol–water partition coefficient (Wildman–Crippen LogP) is 0.222. The van der Waals surface area contributed by atoms with Gasteiger partial charge in [-0.15, -0.1) is 0 Å². The molecule has 0 saturated carbocycles. The maximum Gasteiger partial charge on any atom is 0.408 e. The van der Waals surface area contributed by atoms with Gasteiger partial charge in [0.2, 0.25) is 11.8 Å². The zero-order valence-corrected chi connectivity index (χ0v) is 17.3. The molecule has 0 radical (unpaired) electrons. The van der Waals surface area contributed by atoms with Crippen molar-refractivity contribution in [3.63, 3.8) is 0 Å². The third-order valence-electron chi connectivity index (χ3n) is 4.19. The summed E-state index contributed by atoms with van der Waals surface area (Å²) in [4.78, 5) is 48.0. The van der Waals surface area contributed by atoms with Crippen LogP contribution in [0.2, 0.25) is 0 Å². The van der Waals surface area contributed by atoms with E-state index < -0.39 is 48.0 Å². The number of nitrogens with one attached hydrogen (secondary N) is 2. The van der Waals surface area contributed by atoms with Crippen molar-refractivity contribution >= 4 is 23.9 Å². The molecule has 0 bridgehead atoms. The lowest BCUT2D eigenvalue weighted by molar-refractivity contribution is -0.148. The van der Waals surface area contributed by atoms with Crippen LogP contribution in [0.5, 0.6) is 0 Å². The molecule has 0 spiro atoms. The highest BCUT2D eigenvalue weighted by atomic mass is 16.5. The van der Waals surface area contributed by atoms with Crippen LogP contribution in [0.25, 0.3) is 0 Å². The number of rotatable bonds is 11. The lowest BCUT2D eigenvalue weighted by atomic mass is 10.0. The number of hydrogen-bond donors (Lipinski definition) is 4. The summed E-state index contributed by atoms with van der Waals surface area (Å²) in [7, 11) is 0. The maximum atomic E-state index is 12.5. The Labute approximate surface area is 175 Å². The molecular weight excluding hydrogens is 394 g/mol. The summed E-state index contributed by atoms with van der Waals surface area (Å²) in [6, 6.07) is 6.31. The van der Waals surface area contributed by atoms with Gasteiger partial charge >= 0.3 is 12.1 Å². The highest BCUT2D eigenvalue weighted by Gasteiger charge is 2.31. The number of alkyl carbamates (subject to hydrolysis) is 1. The molecule has 0 aliphatic heterocycles. The lowest BCUT2D eigenvalue weighted by Crippen LogP contribution is -2.57. The third-order valence-corrected chi connectivity index (χ3v) is 4.19. The zero-order valence-electron chi connectivity index (χ0n) is 17.3. The average Bonchev–Trinajstić information content (AvgIpc) is 2.70. The molecule has 0 aromatic heterocycles. The Morgan fingerprint density at radius 1 is 1.07 bits per heavy atom. The van der Waals surface area contributed by atoms with Crippen LogP contribution in [0.1, 0.15) is 32.8 Å². The first-order valence-corrected chi connectivity index (χ1v) is 9.57. The second-order valence-corrected chi connectivity index (χ2v) is 6.78. The molecule has 0 aliphatic carbocycles. The number of benzene rings is 1. The van der Waals surface area contributed by atoms with E-state index in [2.05, 4.69) is 10.6 Å². The van der Waals surface area contributed by atoms with Gasteiger partial charge in [0.05, 0.1) is 18.6 Å². The maximum absolute atomic E-state index is 12.5. The van der Waals surface area contributed by atoms with Crippen molar-refractivity contribution in [2.24, 2.45) is 11.7 Å². The van der Waals surface area contributed by atoms with Gasteiger partial charge in [0.25, 0.3) is 0 Å². The number of amides is 3. The monoisotopic (exact) mass is 423 g/mol. The first-order chi connectivity index (χ1) is 14.1. The third kappa shape index (κ3) is 8.48. The van der Waals surface area contributed by atoms with Crippen molar-refractivity contribution in [3.05, 3.63) is 35.9 Å². The number of nitrogens with two attached hydrogens (primary N) is 1. The summed E-state index contributed by atoms with van der Waals surface area (Å²) < 4.78 is 9.91. The fourth-order valence-corrected chi connectivity index (χ4v) is 2.54. The smallest absolute Gasteiger partial charge is 0.408 e. The molecule has 0 aliphatic rings. The van der Waals surface area contributed by atoms with Crippen molar-refractivity contribution in [1.29, 1.82) is 0 Å². The largest absolute Gasteiger partial charge is 0.466 e.